The molecule has 0 heteroatoms. The van der Waals surface area contributed by atoms with Gasteiger partial charge in [-0.1, -0.05) is 231 Å². The Morgan fingerprint density at radius 3 is 0.938 bits per heavy atom. The highest BCUT2D eigenvalue weighted by Crippen LogP contribution is 2.46. The predicted octanol–water partition coefficient (Wildman–Crippen LogP) is 18.1. The fourth-order valence-electron chi connectivity index (χ4n) is 10.7. The molecule has 64 heavy (non-hydrogen) atoms. The highest BCUT2D eigenvalue weighted by Gasteiger charge is 2.19. The lowest BCUT2D eigenvalue weighted by Crippen LogP contribution is -1.92. The normalized spacial score (nSPS) is 11.8. The first-order valence-corrected chi connectivity index (χ1v) is 22.2. The molecule has 0 aliphatic rings. The monoisotopic (exact) mass is 808 g/mol. The molecule has 0 nitrogen and oxygen atoms in total. The molecule has 0 aliphatic carbocycles. The van der Waals surface area contributed by atoms with Crippen molar-refractivity contribution in [3.8, 4) is 55.6 Å². The van der Waals surface area contributed by atoms with Crippen LogP contribution < -0.4 is 0 Å². The van der Waals surface area contributed by atoms with Crippen molar-refractivity contribution in [2.45, 2.75) is 0 Å². The molecule has 0 aromatic heterocycles. The van der Waals surface area contributed by atoms with Gasteiger partial charge in [0.15, 0.2) is 0 Å². The van der Waals surface area contributed by atoms with Crippen molar-refractivity contribution in [3.63, 3.8) is 0 Å². The maximum Gasteiger partial charge on any atom is -0.00261 e. The van der Waals surface area contributed by atoms with Crippen LogP contribution >= 0.6 is 0 Å². The number of rotatable bonds is 5. The Morgan fingerprint density at radius 1 is 0.156 bits per heavy atom. The first kappa shape index (κ1) is 36.3. The van der Waals surface area contributed by atoms with E-state index in [2.05, 4.69) is 243 Å². The summed E-state index contributed by atoms with van der Waals surface area (Å²) in [5.41, 5.74) is 12.3. The van der Waals surface area contributed by atoms with E-state index in [0.29, 0.717) is 0 Å². The van der Waals surface area contributed by atoms with E-state index in [4.69, 9.17) is 0 Å². The van der Waals surface area contributed by atoms with E-state index in [1.54, 1.807) is 0 Å². The molecule has 0 aliphatic heterocycles. The van der Waals surface area contributed by atoms with Crippen LogP contribution in [0.5, 0.6) is 0 Å². The summed E-state index contributed by atoms with van der Waals surface area (Å²) in [4.78, 5) is 0. The lowest BCUT2D eigenvalue weighted by atomic mass is 9.84. The van der Waals surface area contributed by atoms with Crippen LogP contribution in [0.4, 0.5) is 0 Å². The molecule has 0 heterocycles. The summed E-state index contributed by atoms with van der Waals surface area (Å²) in [5.74, 6) is 0. The molecule has 0 amide bonds. The molecule has 0 saturated heterocycles. The van der Waals surface area contributed by atoms with E-state index in [1.807, 2.05) is 0 Å². The fourth-order valence-corrected chi connectivity index (χ4v) is 10.7. The minimum atomic E-state index is 1.20. The second-order valence-corrected chi connectivity index (χ2v) is 17.1. The maximum absolute atomic E-state index is 2.45. The number of benzene rings is 13. The zero-order valence-corrected chi connectivity index (χ0v) is 35.1. The largest absolute Gasteiger partial charge is 0.0616 e. The third kappa shape index (κ3) is 5.77. The van der Waals surface area contributed by atoms with E-state index >= 15 is 0 Å². The molecule has 13 aromatic rings. The van der Waals surface area contributed by atoms with Gasteiger partial charge in [-0.25, -0.2) is 0 Å². The van der Waals surface area contributed by atoms with Gasteiger partial charge in [-0.2, -0.15) is 0 Å². The van der Waals surface area contributed by atoms with Gasteiger partial charge in [0.1, 0.15) is 0 Å². The summed E-state index contributed by atoms with van der Waals surface area (Å²) < 4.78 is 0. The Balaban J connectivity index is 1.04. The third-order valence-electron chi connectivity index (χ3n) is 13.6. The Labute approximate surface area is 371 Å². The third-order valence-corrected chi connectivity index (χ3v) is 13.6. The van der Waals surface area contributed by atoms with Crippen molar-refractivity contribution in [3.05, 3.63) is 243 Å². The summed E-state index contributed by atoms with van der Waals surface area (Å²) >= 11 is 0. The molecule has 0 saturated carbocycles. The van der Waals surface area contributed by atoms with Crippen LogP contribution in [0, 0.1) is 0 Å². The fraction of sp³-hybridized carbons (Fsp3) is 0. The molecule has 13 aromatic carbocycles. The van der Waals surface area contributed by atoms with E-state index in [1.165, 1.54) is 131 Å². The van der Waals surface area contributed by atoms with Crippen molar-refractivity contribution < 1.29 is 0 Å². The quantitative estimate of drug-likeness (QED) is 0.120. The van der Waals surface area contributed by atoms with Gasteiger partial charge in [-0.3, -0.25) is 0 Å². The molecule has 0 radical (unpaired) electrons. The standard InChI is InChI=1S/C64H40/c1-3-17-49-41(13-1)15-11-25-51(49)43-27-31-45(32-28-43)63-58-23-9-10-24-59(58)64(46-33-29-44(30-34-46)52-26-12-16-42-14-2-4-18-50(42)52)62-40-48(36-38-60(62)63)47-35-37-57-55-21-6-5-19-53(55)54-20-7-8-22-56(54)61(57)39-47/h1-40H. The highest BCUT2D eigenvalue weighted by molar-refractivity contribution is 6.26. The lowest BCUT2D eigenvalue weighted by molar-refractivity contribution is 1.62. The van der Waals surface area contributed by atoms with Crippen LogP contribution in [0.1, 0.15) is 0 Å². The molecule has 296 valence electrons. The summed E-state index contributed by atoms with van der Waals surface area (Å²) in [6.07, 6.45) is 0. The first-order chi connectivity index (χ1) is 31.7. The predicted molar refractivity (Wildman–Crippen MR) is 276 cm³/mol. The molecule has 0 unspecified atom stereocenters. The van der Waals surface area contributed by atoms with Gasteiger partial charge in [0, 0.05) is 0 Å². The SMILES string of the molecule is c1ccc2c(-c3ccc(-c4c5ccccc5c(-c5ccc(-c6cccc7ccccc67)cc5)c5cc(-c6ccc7c8ccccc8c8ccccc8c7c6)ccc45)cc3)cccc2c1. The molecule has 0 spiro atoms. The average Bonchev–Trinajstić information content (AvgIpc) is 3.37. The van der Waals surface area contributed by atoms with Crippen LogP contribution in [-0.2, 0) is 0 Å². The second kappa shape index (κ2) is 14.7. The molecule has 0 N–H and O–H groups in total. The van der Waals surface area contributed by atoms with Crippen molar-refractivity contribution in [2.24, 2.45) is 0 Å². The summed E-state index contributed by atoms with van der Waals surface area (Å²) in [7, 11) is 0. The van der Waals surface area contributed by atoms with Gasteiger partial charge in [-0.05, 0) is 143 Å². The first-order valence-electron chi connectivity index (χ1n) is 22.2. The van der Waals surface area contributed by atoms with Crippen molar-refractivity contribution >= 4 is 75.4 Å². The summed E-state index contributed by atoms with van der Waals surface area (Å²) in [6.45, 7) is 0. The lowest BCUT2D eigenvalue weighted by Gasteiger charge is -2.19. The van der Waals surface area contributed by atoms with Gasteiger partial charge in [-0.15, -0.1) is 0 Å². The molecule has 13 rings (SSSR count). The van der Waals surface area contributed by atoms with Crippen molar-refractivity contribution in [2.75, 3.05) is 0 Å². The van der Waals surface area contributed by atoms with E-state index in [-0.39, 0.29) is 0 Å². The number of hydrogen-bond acceptors (Lipinski definition) is 0. The van der Waals surface area contributed by atoms with Crippen LogP contribution in [0.2, 0.25) is 0 Å². The van der Waals surface area contributed by atoms with Crippen LogP contribution in [0.15, 0.2) is 243 Å². The average molecular weight is 809 g/mol. The zero-order chi connectivity index (χ0) is 42.1. The zero-order valence-electron chi connectivity index (χ0n) is 35.1. The summed E-state index contributed by atoms with van der Waals surface area (Å²) in [6, 6.07) is 90.0. The Morgan fingerprint density at radius 2 is 0.453 bits per heavy atom. The van der Waals surface area contributed by atoms with E-state index in [0.717, 1.165) is 0 Å². The topological polar surface area (TPSA) is 0 Å². The van der Waals surface area contributed by atoms with Gasteiger partial charge < -0.3 is 0 Å². The Hall–Kier alpha value is -8.32. The second-order valence-electron chi connectivity index (χ2n) is 17.1. The van der Waals surface area contributed by atoms with Crippen LogP contribution in [0.25, 0.3) is 131 Å². The van der Waals surface area contributed by atoms with Gasteiger partial charge in [0.25, 0.3) is 0 Å². The molecule has 0 bridgehead atoms. The van der Waals surface area contributed by atoms with E-state index < -0.39 is 0 Å². The minimum Gasteiger partial charge on any atom is -0.0616 e. The summed E-state index contributed by atoms with van der Waals surface area (Å²) in [5, 5.41) is 17.7. The highest BCUT2D eigenvalue weighted by atomic mass is 14.2. The maximum atomic E-state index is 2.45. The van der Waals surface area contributed by atoms with Gasteiger partial charge in [0.2, 0.25) is 0 Å². The van der Waals surface area contributed by atoms with E-state index in [9.17, 15) is 0 Å². The van der Waals surface area contributed by atoms with Crippen LogP contribution in [0.3, 0.4) is 0 Å². The number of fused-ring (bicyclic) bond motifs is 10. The number of hydrogen-bond donors (Lipinski definition) is 0. The Bertz CT molecular complexity index is 3940. The Kier molecular flexibility index (Phi) is 8.32. The molecule has 0 fully saturated rings. The minimum absolute atomic E-state index is 1.20. The molecular formula is C64H40. The van der Waals surface area contributed by atoms with Crippen LogP contribution in [-0.4, -0.2) is 0 Å². The molecule has 0 atom stereocenters. The van der Waals surface area contributed by atoms with Crippen molar-refractivity contribution in [1.82, 2.24) is 0 Å². The molecular weight excluding hydrogens is 769 g/mol. The van der Waals surface area contributed by atoms with Crippen molar-refractivity contribution in [1.29, 1.82) is 0 Å². The smallest absolute Gasteiger partial charge is 0.00261 e. The van der Waals surface area contributed by atoms with Gasteiger partial charge in [0.05, 0.1) is 0 Å². The van der Waals surface area contributed by atoms with Gasteiger partial charge >= 0.3 is 0 Å².